The highest BCUT2D eigenvalue weighted by Crippen LogP contribution is 2.43. The lowest BCUT2D eigenvalue weighted by atomic mass is 9.71. The zero-order chi connectivity index (χ0) is 28.2. The Hall–Kier alpha value is -3.20. The van der Waals surface area contributed by atoms with E-state index in [1.165, 1.54) is 0 Å². The molecule has 210 valence electrons. The van der Waals surface area contributed by atoms with Gasteiger partial charge < -0.3 is 14.7 Å². The number of ether oxygens (including phenoxy) is 1. The molecular formula is C30H34F4N2O3. The number of carbonyl (C=O) groups is 1. The van der Waals surface area contributed by atoms with E-state index in [4.69, 9.17) is 4.74 Å². The van der Waals surface area contributed by atoms with Gasteiger partial charge in [-0.1, -0.05) is 0 Å². The molecule has 1 aliphatic heterocycles. The minimum atomic E-state index is -1.47. The van der Waals surface area contributed by atoms with Crippen LogP contribution in [0.4, 0.5) is 17.6 Å². The molecular weight excluding hydrogens is 512 g/mol. The molecule has 0 radical (unpaired) electrons. The summed E-state index contributed by atoms with van der Waals surface area (Å²) in [4.78, 5) is 18.4. The lowest BCUT2D eigenvalue weighted by molar-refractivity contribution is -0.141. The van der Waals surface area contributed by atoms with Crippen LogP contribution in [-0.4, -0.2) is 47.7 Å². The molecule has 0 unspecified atom stereocenters. The SMILES string of the molecule is COc1ccc2ncc(C)c([C@@H](F)CCC3(CC(=O)O)CCN(CCCc4cc(F)c(F)c(F)c4)CC3)c2c1. The first-order valence-electron chi connectivity index (χ1n) is 13.3. The number of pyridine rings is 1. The number of alkyl halides is 1. The quantitative estimate of drug-likeness (QED) is 0.208. The van der Waals surface area contributed by atoms with Crippen molar-refractivity contribution in [3.05, 3.63) is 70.7 Å². The third-order valence-electron chi connectivity index (χ3n) is 7.98. The van der Waals surface area contributed by atoms with Crippen LogP contribution in [0.15, 0.2) is 36.5 Å². The number of carboxylic acid groups (broad SMARTS) is 1. The van der Waals surface area contributed by atoms with Gasteiger partial charge in [0.05, 0.1) is 19.0 Å². The third kappa shape index (κ3) is 6.87. The van der Waals surface area contributed by atoms with Crippen LogP contribution in [0.25, 0.3) is 10.9 Å². The summed E-state index contributed by atoms with van der Waals surface area (Å²) in [7, 11) is 1.56. The number of nitrogens with zero attached hydrogens (tertiary/aromatic N) is 2. The number of piperidine rings is 1. The zero-order valence-electron chi connectivity index (χ0n) is 22.3. The van der Waals surface area contributed by atoms with E-state index in [1.807, 2.05) is 6.92 Å². The maximum atomic E-state index is 15.8. The molecule has 9 heteroatoms. The molecule has 1 aromatic heterocycles. The Kier molecular flexibility index (Phi) is 9.10. The molecule has 1 fully saturated rings. The lowest BCUT2D eigenvalue weighted by Crippen LogP contribution is -2.41. The second-order valence-electron chi connectivity index (χ2n) is 10.6. The van der Waals surface area contributed by atoms with Gasteiger partial charge in [-0.3, -0.25) is 9.78 Å². The van der Waals surface area contributed by atoms with Crippen molar-refractivity contribution in [2.45, 2.75) is 58.0 Å². The molecule has 1 atom stereocenters. The molecule has 1 aliphatic rings. The molecule has 1 N–H and O–H groups in total. The molecule has 0 aliphatic carbocycles. The molecule has 0 bridgehead atoms. The predicted octanol–water partition coefficient (Wildman–Crippen LogP) is 6.95. The van der Waals surface area contributed by atoms with E-state index in [9.17, 15) is 23.1 Å². The molecule has 39 heavy (non-hydrogen) atoms. The van der Waals surface area contributed by atoms with Crippen molar-refractivity contribution in [3.63, 3.8) is 0 Å². The first-order valence-corrected chi connectivity index (χ1v) is 13.3. The standard InChI is InChI=1S/C30H34F4N2O3/c1-19-18-35-26-6-5-21(39-2)16-22(26)28(19)23(31)7-8-30(17-27(37)38)9-12-36(13-10-30)11-3-4-20-14-24(32)29(34)25(33)15-20/h5-6,14-16,18,23H,3-4,7-13,17H2,1-2H3,(H,37,38)/t23-/m0/s1. The molecule has 3 aromatic rings. The number of halogens is 4. The van der Waals surface area contributed by atoms with Gasteiger partial charge in [0, 0.05) is 11.6 Å². The number of aromatic nitrogens is 1. The number of benzene rings is 2. The van der Waals surface area contributed by atoms with Crippen molar-refractivity contribution < 1.29 is 32.2 Å². The minimum absolute atomic E-state index is 0.0222. The van der Waals surface area contributed by atoms with Crippen LogP contribution in [-0.2, 0) is 11.2 Å². The molecule has 1 saturated heterocycles. The van der Waals surface area contributed by atoms with Crippen molar-refractivity contribution in [2.24, 2.45) is 5.41 Å². The summed E-state index contributed by atoms with van der Waals surface area (Å²) in [6.07, 6.45) is 3.28. The van der Waals surface area contributed by atoms with Crippen molar-refractivity contribution in [1.82, 2.24) is 9.88 Å². The van der Waals surface area contributed by atoms with Gasteiger partial charge in [-0.15, -0.1) is 0 Å². The Labute approximate surface area is 225 Å². The number of hydrogen-bond acceptors (Lipinski definition) is 4. The Bertz CT molecular complexity index is 1300. The van der Waals surface area contributed by atoms with Crippen molar-refractivity contribution in [2.75, 3.05) is 26.7 Å². The smallest absolute Gasteiger partial charge is 0.303 e. The van der Waals surface area contributed by atoms with Crippen molar-refractivity contribution >= 4 is 16.9 Å². The van der Waals surface area contributed by atoms with Crippen LogP contribution in [0.5, 0.6) is 5.75 Å². The van der Waals surface area contributed by atoms with Crippen LogP contribution in [0.1, 0.15) is 61.4 Å². The topological polar surface area (TPSA) is 62.7 Å². The summed E-state index contributed by atoms with van der Waals surface area (Å²) in [6, 6.07) is 7.41. The lowest BCUT2D eigenvalue weighted by Gasteiger charge is -2.41. The highest BCUT2D eigenvalue weighted by atomic mass is 19.2. The molecule has 5 nitrogen and oxygen atoms in total. The normalized spacial score (nSPS) is 16.4. The second-order valence-corrected chi connectivity index (χ2v) is 10.6. The van der Waals surface area contributed by atoms with E-state index in [0.717, 1.165) is 17.7 Å². The first-order chi connectivity index (χ1) is 18.6. The number of methoxy groups -OCH3 is 1. The van der Waals surface area contributed by atoms with Crippen LogP contribution < -0.4 is 4.74 Å². The molecule has 2 aromatic carbocycles. The summed E-state index contributed by atoms with van der Waals surface area (Å²) in [5, 5.41) is 10.3. The Morgan fingerprint density at radius 2 is 1.85 bits per heavy atom. The number of fused-ring (bicyclic) bond motifs is 1. The van der Waals surface area contributed by atoms with Gasteiger partial charge in [0.2, 0.25) is 0 Å². The Morgan fingerprint density at radius 1 is 1.15 bits per heavy atom. The van der Waals surface area contributed by atoms with E-state index < -0.39 is 35.0 Å². The van der Waals surface area contributed by atoms with Gasteiger partial charge in [0.25, 0.3) is 0 Å². The average Bonchev–Trinajstić information content (AvgIpc) is 2.90. The van der Waals surface area contributed by atoms with Crippen LogP contribution in [0.3, 0.4) is 0 Å². The number of aliphatic carboxylic acids is 1. The third-order valence-corrected chi connectivity index (χ3v) is 7.98. The largest absolute Gasteiger partial charge is 0.497 e. The Morgan fingerprint density at radius 3 is 2.49 bits per heavy atom. The van der Waals surface area contributed by atoms with Gasteiger partial charge in [-0.05, 0) is 118 Å². The summed E-state index contributed by atoms with van der Waals surface area (Å²) < 4.78 is 61.3. The number of hydrogen-bond donors (Lipinski definition) is 1. The van der Waals surface area contributed by atoms with Gasteiger partial charge in [-0.2, -0.15) is 0 Å². The minimum Gasteiger partial charge on any atom is -0.497 e. The van der Waals surface area contributed by atoms with Crippen molar-refractivity contribution in [3.8, 4) is 5.75 Å². The Balaban J connectivity index is 1.38. The van der Waals surface area contributed by atoms with E-state index in [1.54, 1.807) is 31.5 Å². The van der Waals surface area contributed by atoms with Crippen molar-refractivity contribution in [1.29, 1.82) is 0 Å². The maximum Gasteiger partial charge on any atom is 0.303 e. The first kappa shape index (κ1) is 28.8. The molecule has 0 saturated carbocycles. The summed E-state index contributed by atoms with van der Waals surface area (Å²) in [5.74, 6) is -4.13. The summed E-state index contributed by atoms with van der Waals surface area (Å²) in [6.45, 7) is 3.81. The van der Waals surface area contributed by atoms with Crippen LogP contribution >= 0.6 is 0 Å². The summed E-state index contributed by atoms with van der Waals surface area (Å²) >= 11 is 0. The fourth-order valence-corrected chi connectivity index (χ4v) is 5.76. The van der Waals surface area contributed by atoms with E-state index in [-0.39, 0.29) is 12.8 Å². The predicted molar refractivity (Wildman–Crippen MR) is 141 cm³/mol. The van der Waals surface area contributed by atoms with Gasteiger partial charge in [0.15, 0.2) is 17.5 Å². The highest BCUT2D eigenvalue weighted by molar-refractivity contribution is 5.85. The fourth-order valence-electron chi connectivity index (χ4n) is 5.76. The van der Waals surface area contributed by atoms with E-state index >= 15 is 4.39 Å². The molecule has 0 amide bonds. The number of rotatable bonds is 11. The summed E-state index contributed by atoms with van der Waals surface area (Å²) in [5.41, 5.74) is 1.87. The number of likely N-dealkylation sites (tertiary alicyclic amines) is 1. The fraction of sp³-hybridized carbons (Fsp3) is 0.467. The van der Waals surface area contributed by atoms with Crippen LogP contribution in [0.2, 0.25) is 0 Å². The molecule has 4 rings (SSSR count). The van der Waals surface area contributed by atoms with E-state index in [0.29, 0.717) is 79.5 Å². The maximum absolute atomic E-state index is 15.8. The highest BCUT2D eigenvalue weighted by Gasteiger charge is 2.37. The van der Waals surface area contributed by atoms with E-state index in [2.05, 4.69) is 9.88 Å². The molecule has 0 spiro atoms. The van der Waals surface area contributed by atoms with Gasteiger partial charge >= 0.3 is 5.97 Å². The van der Waals surface area contributed by atoms with Gasteiger partial charge in [0.1, 0.15) is 11.9 Å². The van der Waals surface area contributed by atoms with Gasteiger partial charge in [-0.25, -0.2) is 17.6 Å². The monoisotopic (exact) mass is 546 g/mol. The molecule has 2 heterocycles. The number of carboxylic acids is 1. The second kappa shape index (κ2) is 12.3. The zero-order valence-corrected chi connectivity index (χ0v) is 22.3. The average molecular weight is 547 g/mol. The number of aryl methyl sites for hydroxylation is 2. The van der Waals surface area contributed by atoms with Crippen LogP contribution in [0, 0.1) is 29.8 Å².